The van der Waals surface area contributed by atoms with E-state index >= 15 is 0 Å². The maximum atomic E-state index is 12.8. The molecule has 2 aromatic rings. The topological polar surface area (TPSA) is 0 Å². The molecule has 0 fully saturated rings. The summed E-state index contributed by atoms with van der Waals surface area (Å²) >= 11 is 0. The molecule has 0 aromatic heterocycles. The zero-order chi connectivity index (χ0) is 16.3. The van der Waals surface area contributed by atoms with Crippen molar-refractivity contribution in [1.29, 1.82) is 0 Å². The molecule has 0 unspecified atom stereocenters. The summed E-state index contributed by atoms with van der Waals surface area (Å²) in [5.74, 6) is 5.96. The highest BCUT2D eigenvalue weighted by molar-refractivity contribution is 5.43. The lowest BCUT2D eigenvalue weighted by Gasteiger charge is -2.02. The number of hydrogen-bond donors (Lipinski definition) is 0. The molecule has 0 amide bonds. The van der Waals surface area contributed by atoms with Crippen LogP contribution in [-0.4, -0.2) is 0 Å². The predicted molar refractivity (Wildman–Crippen MR) is 95.9 cm³/mol. The fourth-order valence-corrected chi connectivity index (χ4v) is 2.54. The maximum Gasteiger partial charge on any atom is 0.123 e. The van der Waals surface area contributed by atoms with E-state index in [4.69, 9.17) is 0 Å². The van der Waals surface area contributed by atoms with Crippen molar-refractivity contribution in [3.63, 3.8) is 0 Å². The summed E-state index contributed by atoms with van der Waals surface area (Å²) in [4.78, 5) is 0. The van der Waals surface area contributed by atoms with Gasteiger partial charge >= 0.3 is 0 Å². The lowest BCUT2D eigenvalue weighted by molar-refractivity contribution is 0.607. The largest absolute Gasteiger partial charge is 0.207 e. The van der Waals surface area contributed by atoms with Crippen LogP contribution in [0.3, 0.4) is 0 Å². The quantitative estimate of drug-likeness (QED) is 0.426. The van der Waals surface area contributed by atoms with Gasteiger partial charge in [0.15, 0.2) is 0 Å². The summed E-state index contributed by atoms with van der Waals surface area (Å²) in [5, 5.41) is 0. The van der Waals surface area contributed by atoms with E-state index in [1.165, 1.54) is 56.2 Å². The SMILES string of the molecule is CCCCCCCCc1ccc(C#Cc2ccc(F)cc2)cc1. The van der Waals surface area contributed by atoms with Crippen LogP contribution < -0.4 is 0 Å². The molecular weight excluding hydrogens is 283 g/mol. The minimum Gasteiger partial charge on any atom is -0.207 e. The Bertz CT molecular complexity index is 626. The van der Waals surface area contributed by atoms with Crippen LogP contribution >= 0.6 is 0 Å². The highest BCUT2D eigenvalue weighted by atomic mass is 19.1. The van der Waals surface area contributed by atoms with Gasteiger partial charge in [-0.3, -0.25) is 0 Å². The average Bonchev–Trinajstić information content (AvgIpc) is 2.58. The van der Waals surface area contributed by atoms with Crippen molar-refractivity contribution in [3.8, 4) is 11.8 Å². The van der Waals surface area contributed by atoms with Crippen molar-refractivity contribution in [2.24, 2.45) is 0 Å². The molecule has 0 spiro atoms. The summed E-state index contributed by atoms with van der Waals surface area (Å²) in [6.07, 6.45) is 9.14. The van der Waals surface area contributed by atoms with Crippen molar-refractivity contribution in [2.45, 2.75) is 51.9 Å². The highest BCUT2D eigenvalue weighted by Gasteiger charge is 1.95. The molecule has 0 radical (unpaired) electrons. The molecule has 23 heavy (non-hydrogen) atoms. The Labute approximate surface area is 139 Å². The summed E-state index contributed by atoms with van der Waals surface area (Å²) in [6.45, 7) is 2.25. The van der Waals surface area contributed by atoms with Crippen LogP contribution in [0.4, 0.5) is 4.39 Å². The zero-order valence-electron chi connectivity index (χ0n) is 13.9. The van der Waals surface area contributed by atoms with E-state index in [1.54, 1.807) is 12.1 Å². The molecule has 0 aliphatic carbocycles. The fraction of sp³-hybridized carbons (Fsp3) is 0.364. The molecule has 0 nitrogen and oxygen atoms in total. The molecule has 0 saturated carbocycles. The highest BCUT2D eigenvalue weighted by Crippen LogP contribution is 2.11. The van der Waals surface area contributed by atoms with E-state index in [-0.39, 0.29) is 5.82 Å². The first kappa shape index (κ1) is 17.3. The van der Waals surface area contributed by atoms with Crippen LogP contribution in [0.25, 0.3) is 0 Å². The lowest BCUT2D eigenvalue weighted by atomic mass is 10.0. The smallest absolute Gasteiger partial charge is 0.123 e. The Morgan fingerprint density at radius 2 is 1.22 bits per heavy atom. The molecule has 0 N–H and O–H groups in total. The van der Waals surface area contributed by atoms with E-state index in [0.717, 1.165) is 17.5 Å². The Kier molecular flexibility index (Phi) is 7.40. The van der Waals surface area contributed by atoms with E-state index in [1.807, 2.05) is 0 Å². The van der Waals surface area contributed by atoms with Gasteiger partial charge in [0, 0.05) is 11.1 Å². The molecule has 0 atom stereocenters. The second kappa shape index (κ2) is 9.85. The molecule has 2 aromatic carbocycles. The Balaban J connectivity index is 1.79. The zero-order valence-corrected chi connectivity index (χ0v) is 13.9. The van der Waals surface area contributed by atoms with Crippen LogP contribution in [0.5, 0.6) is 0 Å². The number of halogens is 1. The van der Waals surface area contributed by atoms with Crippen molar-refractivity contribution in [1.82, 2.24) is 0 Å². The summed E-state index contributed by atoms with van der Waals surface area (Å²) in [7, 11) is 0. The second-order valence-corrected chi connectivity index (χ2v) is 5.97. The van der Waals surface area contributed by atoms with Gasteiger partial charge in [-0.1, -0.05) is 63.0 Å². The minimum atomic E-state index is -0.227. The summed E-state index contributed by atoms with van der Waals surface area (Å²) < 4.78 is 12.8. The monoisotopic (exact) mass is 308 g/mol. The maximum absolute atomic E-state index is 12.8. The van der Waals surface area contributed by atoms with Crippen molar-refractivity contribution < 1.29 is 4.39 Å². The Morgan fingerprint density at radius 1 is 0.696 bits per heavy atom. The first-order valence-corrected chi connectivity index (χ1v) is 8.64. The molecule has 0 aliphatic heterocycles. The van der Waals surface area contributed by atoms with Gasteiger partial charge in [0.1, 0.15) is 5.82 Å². The van der Waals surface area contributed by atoms with Crippen molar-refractivity contribution >= 4 is 0 Å². The summed E-state index contributed by atoms with van der Waals surface area (Å²) in [6, 6.07) is 14.8. The van der Waals surface area contributed by atoms with Gasteiger partial charge in [-0.25, -0.2) is 4.39 Å². The van der Waals surface area contributed by atoms with Crippen LogP contribution in [0.15, 0.2) is 48.5 Å². The molecule has 0 aliphatic rings. The van der Waals surface area contributed by atoms with Gasteiger partial charge in [0.25, 0.3) is 0 Å². The van der Waals surface area contributed by atoms with Crippen LogP contribution in [0.1, 0.15) is 62.1 Å². The Morgan fingerprint density at radius 3 is 1.83 bits per heavy atom. The van der Waals surface area contributed by atoms with Gasteiger partial charge in [-0.15, -0.1) is 0 Å². The van der Waals surface area contributed by atoms with Gasteiger partial charge in [0.05, 0.1) is 0 Å². The van der Waals surface area contributed by atoms with Crippen LogP contribution in [0, 0.1) is 17.7 Å². The molecule has 2 rings (SSSR count). The third-order valence-corrected chi connectivity index (χ3v) is 3.97. The fourth-order valence-electron chi connectivity index (χ4n) is 2.54. The van der Waals surface area contributed by atoms with E-state index in [2.05, 4.69) is 43.0 Å². The molecular formula is C22H25F. The summed E-state index contributed by atoms with van der Waals surface area (Å²) in [5.41, 5.74) is 3.22. The predicted octanol–water partition coefficient (Wildman–Crippen LogP) is 6.13. The van der Waals surface area contributed by atoms with Crippen molar-refractivity contribution in [2.75, 3.05) is 0 Å². The van der Waals surface area contributed by atoms with E-state index in [9.17, 15) is 4.39 Å². The van der Waals surface area contributed by atoms with Gasteiger partial charge < -0.3 is 0 Å². The molecule has 1 heteroatoms. The van der Waals surface area contributed by atoms with E-state index < -0.39 is 0 Å². The van der Waals surface area contributed by atoms with E-state index in [0.29, 0.717) is 0 Å². The number of hydrogen-bond acceptors (Lipinski definition) is 0. The van der Waals surface area contributed by atoms with Gasteiger partial charge in [-0.2, -0.15) is 0 Å². The molecule has 0 heterocycles. The molecule has 0 saturated heterocycles. The third kappa shape index (κ3) is 6.70. The van der Waals surface area contributed by atoms with Gasteiger partial charge in [-0.05, 0) is 54.8 Å². The lowest BCUT2D eigenvalue weighted by Crippen LogP contribution is -1.87. The normalized spacial score (nSPS) is 10.2. The number of unbranched alkanes of at least 4 members (excludes halogenated alkanes) is 5. The van der Waals surface area contributed by atoms with Crippen molar-refractivity contribution in [3.05, 3.63) is 71.0 Å². The van der Waals surface area contributed by atoms with Crippen LogP contribution in [-0.2, 0) is 6.42 Å². The average molecular weight is 308 g/mol. The third-order valence-electron chi connectivity index (χ3n) is 3.97. The first-order valence-electron chi connectivity index (χ1n) is 8.64. The second-order valence-electron chi connectivity index (χ2n) is 5.97. The first-order chi connectivity index (χ1) is 11.3. The van der Waals surface area contributed by atoms with Crippen LogP contribution in [0.2, 0.25) is 0 Å². The van der Waals surface area contributed by atoms with Gasteiger partial charge in [0.2, 0.25) is 0 Å². The molecule has 0 bridgehead atoms. The Hall–Kier alpha value is -2.07. The number of rotatable bonds is 7. The minimum absolute atomic E-state index is 0.227. The number of aryl methyl sites for hydroxylation is 1. The standard InChI is InChI=1S/C22H25F/c1-2-3-4-5-6-7-8-19-9-11-20(12-10-19)13-14-21-15-17-22(23)18-16-21/h9-12,15-18H,2-8H2,1H3. The number of benzene rings is 2. The molecule has 120 valence electrons.